The number of nitrogens with zero attached hydrogens (tertiary/aromatic N) is 1. The number of methoxy groups -OCH3 is 2. The van der Waals surface area contributed by atoms with Crippen LogP contribution in [0.3, 0.4) is 0 Å². The first-order chi connectivity index (χ1) is 11.2. The minimum Gasteiger partial charge on any atom is -0.497 e. The number of carbonyl (C=O) groups is 1. The minimum atomic E-state index is -0.132. The molecule has 1 aromatic carbocycles. The smallest absolute Gasteiger partial charge is 0.251 e. The molecule has 0 saturated carbocycles. The molecule has 0 saturated heterocycles. The van der Waals surface area contributed by atoms with Gasteiger partial charge in [-0.1, -0.05) is 6.07 Å². The standard InChI is InChI=1S/C16H26N4O3/c1-4-17-16(20-10-11-22-2)19-9-8-18-15(21)13-6-5-7-14(12-13)23-3/h5-7,12H,4,8-11H2,1-3H3,(H,18,21)(H2,17,19,20). The van der Waals surface area contributed by atoms with E-state index in [0.29, 0.717) is 43.5 Å². The van der Waals surface area contributed by atoms with E-state index >= 15 is 0 Å². The Bertz CT molecular complexity index is 506. The largest absolute Gasteiger partial charge is 0.497 e. The molecule has 0 radical (unpaired) electrons. The maximum absolute atomic E-state index is 12.0. The summed E-state index contributed by atoms with van der Waals surface area (Å²) in [5.41, 5.74) is 0.574. The molecule has 1 aromatic rings. The van der Waals surface area contributed by atoms with Crippen LogP contribution in [0.25, 0.3) is 0 Å². The molecule has 1 rings (SSSR count). The molecule has 0 fully saturated rings. The van der Waals surface area contributed by atoms with Crippen molar-refractivity contribution in [3.63, 3.8) is 0 Å². The number of aliphatic imine (C=N–C) groups is 1. The van der Waals surface area contributed by atoms with Crippen molar-refractivity contribution in [1.82, 2.24) is 16.0 Å². The summed E-state index contributed by atoms with van der Waals surface area (Å²) in [6.07, 6.45) is 0. The fourth-order valence-corrected chi connectivity index (χ4v) is 1.81. The van der Waals surface area contributed by atoms with Crippen molar-refractivity contribution in [2.24, 2.45) is 4.99 Å². The van der Waals surface area contributed by atoms with E-state index in [0.717, 1.165) is 6.54 Å². The third-order valence-corrected chi connectivity index (χ3v) is 2.94. The fraction of sp³-hybridized carbons (Fsp3) is 0.500. The van der Waals surface area contributed by atoms with Crippen molar-refractivity contribution in [1.29, 1.82) is 0 Å². The second-order valence-corrected chi connectivity index (χ2v) is 4.67. The predicted molar refractivity (Wildman–Crippen MR) is 91.2 cm³/mol. The van der Waals surface area contributed by atoms with E-state index in [9.17, 15) is 4.79 Å². The van der Waals surface area contributed by atoms with Gasteiger partial charge < -0.3 is 25.4 Å². The lowest BCUT2D eigenvalue weighted by molar-refractivity contribution is 0.0954. The van der Waals surface area contributed by atoms with E-state index in [4.69, 9.17) is 9.47 Å². The number of nitrogens with one attached hydrogen (secondary N) is 3. The molecule has 0 spiro atoms. The molecule has 0 aliphatic carbocycles. The van der Waals surface area contributed by atoms with Gasteiger partial charge in [0.2, 0.25) is 0 Å². The van der Waals surface area contributed by atoms with Crippen LogP contribution in [-0.2, 0) is 4.74 Å². The molecule has 128 valence electrons. The molecule has 0 bridgehead atoms. The molecule has 23 heavy (non-hydrogen) atoms. The number of benzene rings is 1. The summed E-state index contributed by atoms with van der Waals surface area (Å²) in [5, 5.41) is 9.13. The topological polar surface area (TPSA) is 84.0 Å². The molecule has 0 aliphatic rings. The van der Waals surface area contributed by atoms with Gasteiger partial charge in [0.05, 0.1) is 20.3 Å². The summed E-state index contributed by atoms with van der Waals surface area (Å²) < 4.78 is 10.1. The SMILES string of the molecule is CCNC(=NCCOC)NCCNC(=O)c1cccc(OC)c1. The molecule has 0 unspecified atom stereocenters. The molecular formula is C16H26N4O3. The Morgan fingerprint density at radius 2 is 1.96 bits per heavy atom. The molecule has 3 N–H and O–H groups in total. The van der Waals surface area contributed by atoms with Gasteiger partial charge in [-0.15, -0.1) is 0 Å². The average molecular weight is 322 g/mol. The van der Waals surface area contributed by atoms with E-state index < -0.39 is 0 Å². The molecule has 7 nitrogen and oxygen atoms in total. The maximum Gasteiger partial charge on any atom is 0.251 e. The summed E-state index contributed by atoms with van der Waals surface area (Å²) >= 11 is 0. The summed E-state index contributed by atoms with van der Waals surface area (Å²) in [7, 11) is 3.22. The molecule has 0 aliphatic heterocycles. The molecule has 1 amide bonds. The molecule has 7 heteroatoms. The number of amides is 1. The number of hydrogen-bond acceptors (Lipinski definition) is 4. The lowest BCUT2D eigenvalue weighted by Gasteiger charge is -2.12. The Balaban J connectivity index is 2.36. The molecule has 0 heterocycles. The van der Waals surface area contributed by atoms with E-state index in [1.807, 2.05) is 6.92 Å². The average Bonchev–Trinajstić information content (AvgIpc) is 2.58. The lowest BCUT2D eigenvalue weighted by atomic mass is 10.2. The predicted octanol–water partition coefficient (Wildman–Crippen LogP) is 0.627. The van der Waals surface area contributed by atoms with Gasteiger partial charge in [0.1, 0.15) is 5.75 Å². The van der Waals surface area contributed by atoms with Crippen LogP contribution in [0.2, 0.25) is 0 Å². The number of ether oxygens (including phenoxy) is 2. The van der Waals surface area contributed by atoms with Crippen molar-refractivity contribution in [2.45, 2.75) is 6.92 Å². The summed E-state index contributed by atoms with van der Waals surface area (Å²) in [6.45, 7) is 5.00. The van der Waals surface area contributed by atoms with Gasteiger partial charge in [0.25, 0.3) is 5.91 Å². The zero-order chi connectivity index (χ0) is 16.9. The molecule has 0 atom stereocenters. The maximum atomic E-state index is 12.0. The summed E-state index contributed by atoms with van der Waals surface area (Å²) in [5.74, 6) is 1.24. The van der Waals surface area contributed by atoms with Crippen molar-refractivity contribution in [3.8, 4) is 5.75 Å². The van der Waals surface area contributed by atoms with Crippen LogP contribution in [0.5, 0.6) is 5.75 Å². The van der Waals surface area contributed by atoms with Crippen LogP contribution in [0.1, 0.15) is 17.3 Å². The van der Waals surface area contributed by atoms with Crippen LogP contribution in [0.15, 0.2) is 29.3 Å². The third kappa shape index (κ3) is 7.51. The van der Waals surface area contributed by atoms with E-state index in [2.05, 4.69) is 20.9 Å². The lowest BCUT2D eigenvalue weighted by Crippen LogP contribution is -2.41. The first kappa shape index (κ1) is 18.8. The zero-order valence-electron chi connectivity index (χ0n) is 14.0. The number of rotatable bonds is 9. The van der Waals surface area contributed by atoms with Crippen molar-refractivity contribution < 1.29 is 14.3 Å². The van der Waals surface area contributed by atoms with Crippen molar-refractivity contribution >= 4 is 11.9 Å². The summed E-state index contributed by atoms with van der Waals surface area (Å²) in [4.78, 5) is 16.4. The Morgan fingerprint density at radius 3 is 2.65 bits per heavy atom. The van der Waals surface area contributed by atoms with E-state index in [1.54, 1.807) is 38.5 Å². The van der Waals surface area contributed by atoms with Gasteiger partial charge in [-0.05, 0) is 25.1 Å². The minimum absolute atomic E-state index is 0.132. The van der Waals surface area contributed by atoms with Crippen LogP contribution in [0.4, 0.5) is 0 Å². The zero-order valence-corrected chi connectivity index (χ0v) is 14.0. The van der Waals surface area contributed by atoms with Gasteiger partial charge in [-0.2, -0.15) is 0 Å². The number of carbonyl (C=O) groups excluding carboxylic acids is 1. The van der Waals surface area contributed by atoms with Crippen molar-refractivity contribution in [3.05, 3.63) is 29.8 Å². The van der Waals surface area contributed by atoms with Crippen LogP contribution < -0.4 is 20.7 Å². The first-order valence-corrected chi connectivity index (χ1v) is 7.64. The highest BCUT2D eigenvalue weighted by Crippen LogP contribution is 2.11. The summed E-state index contributed by atoms with van der Waals surface area (Å²) in [6, 6.07) is 7.05. The Morgan fingerprint density at radius 1 is 1.17 bits per heavy atom. The monoisotopic (exact) mass is 322 g/mol. The Kier molecular flexibility index (Phi) is 9.23. The highest BCUT2D eigenvalue weighted by Gasteiger charge is 2.05. The van der Waals surface area contributed by atoms with Gasteiger partial charge in [0.15, 0.2) is 5.96 Å². The van der Waals surface area contributed by atoms with Crippen LogP contribution >= 0.6 is 0 Å². The first-order valence-electron chi connectivity index (χ1n) is 7.64. The third-order valence-electron chi connectivity index (χ3n) is 2.94. The number of guanidine groups is 1. The second kappa shape index (κ2) is 11.3. The quantitative estimate of drug-likeness (QED) is 0.353. The van der Waals surface area contributed by atoms with E-state index in [-0.39, 0.29) is 5.91 Å². The Labute approximate surface area is 137 Å². The second-order valence-electron chi connectivity index (χ2n) is 4.67. The van der Waals surface area contributed by atoms with Gasteiger partial charge in [-0.3, -0.25) is 9.79 Å². The highest BCUT2D eigenvalue weighted by molar-refractivity contribution is 5.94. The highest BCUT2D eigenvalue weighted by atomic mass is 16.5. The molecule has 0 aromatic heterocycles. The fourth-order valence-electron chi connectivity index (χ4n) is 1.81. The van der Waals surface area contributed by atoms with Gasteiger partial charge in [0, 0.05) is 32.3 Å². The van der Waals surface area contributed by atoms with Crippen LogP contribution in [0, 0.1) is 0 Å². The van der Waals surface area contributed by atoms with Gasteiger partial charge in [-0.25, -0.2) is 0 Å². The Hall–Kier alpha value is -2.28. The van der Waals surface area contributed by atoms with Gasteiger partial charge >= 0.3 is 0 Å². The number of hydrogen-bond donors (Lipinski definition) is 3. The normalized spacial score (nSPS) is 11.0. The van der Waals surface area contributed by atoms with Crippen molar-refractivity contribution in [2.75, 3.05) is 47.0 Å². The molecular weight excluding hydrogens is 296 g/mol. The van der Waals surface area contributed by atoms with Crippen LogP contribution in [-0.4, -0.2) is 58.9 Å². The van der Waals surface area contributed by atoms with E-state index in [1.165, 1.54) is 0 Å².